The monoisotopic (exact) mass is 369 g/mol. The summed E-state index contributed by atoms with van der Waals surface area (Å²) in [4.78, 5) is 33.5. The molecule has 5 heteroatoms. The fourth-order valence-electron chi connectivity index (χ4n) is 3.17. The highest BCUT2D eigenvalue weighted by atomic mass is 16.4. The summed E-state index contributed by atoms with van der Waals surface area (Å²) in [6, 6.07) is 7.69. The number of aliphatic carboxylic acids is 1. The van der Waals surface area contributed by atoms with Crippen molar-refractivity contribution < 1.29 is 19.5 Å². The molecule has 0 radical (unpaired) electrons. The van der Waals surface area contributed by atoms with E-state index in [1.807, 2.05) is 24.3 Å². The van der Waals surface area contributed by atoms with Gasteiger partial charge in [-0.25, -0.2) is 0 Å². The van der Waals surface area contributed by atoms with Crippen molar-refractivity contribution in [1.82, 2.24) is 5.32 Å². The average molecular weight is 369 g/mol. The molecule has 27 heavy (non-hydrogen) atoms. The molecule has 1 aliphatic heterocycles. The minimum atomic E-state index is -0.713. The van der Waals surface area contributed by atoms with Crippen molar-refractivity contribution in [3.05, 3.63) is 35.4 Å². The molecular weight excluding hydrogens is 342 g/mol. The lowest BCUT2D eigenvalue weighted by Crippen LogP contribution is -2.39. The minimum absolute atomic E-state index is 0.195. The summed E-state index contributed by atoms with van der Waals surface area (Å²) in [5.74, 6) is 4.95. The third kappa shape index (κ3) is 7.65. The molecule has 1 heterocycles. The summed E-state index contributed by atoms with van der Waals surface area (Å²) in [7, 11) is 0. The van der Waals surface area contributed by atoms with Crippen LogP contribution in [0.15, 0.2) is 24.3 Å². The van der Waals surface area contributed by atoms with Crippen LogP contribution in [0.2, 0.25) is 0 Å². The number of hydrogen-bond acceptors (Lipinski definition) is 3. The predicted molar refractivity (Wildman–Crippen MR) is 103 cm³/mol. The van der Waals surface area contributed by atoms with E-state index in [4.69, 9.17) is 5.11 Å². The molecule has 5 nitrogen and oxygen atoms in total. The van der Waals surface area contributed by atoms with Crippen LogP contribution in [-0.4, -0.2) is 22.9 Å². The summed E-state index contributed by atoms with van der Waals surface area (Å²) in [6.45, 7) is 0. The molecule has 2 amide bonds. The lowest BCUT2D eigenvalue weighted by Gasteiger charge is -2.20. The van der Waals surface area contributed by atoms with Gasteiger partial charge in [-0.05, 0) is 37.0 Å². The van der Waals surface area contributed by atoms with E-state index in [9.17, 15) is 14.4 Å². The fraction of sp³-hybridized carbons (Fsp3) is 0.500. The van der Waals surface area contributed by atoms with E-state index in [2.05, 4.69) is 17.2 Å². The number of amides is 2. The molecule has 0 spiro atoms. The number of imide groups is 1. The molecule has 0 saturated carbocycles. The average Bonchev–Trinajstić information content (AvgIpc) is 2.64. The largest absolute Gasteiger partial charge is 0.481 e. The van der Waals surface area contributed by atoms with Crippen molar-refractivity contribution in [2.45, 2.75) is 70.1 Å². The molecule has 2 N–H and O–H groups in total. The van der Waals surface area contributed by atoms with Gasteiger partial charge < -0.3 is 5.11 Å². The summed E-state index contributed by atoms with van der Waals surface area (Å²) in [5, 5.41) is 10.9. The van der Waals surface area contributed by atoms with Gasteiger partial charge in [0.25, 0.3) is 0 Å². The van der Waals surface area contributed by atoms with Gasteiger partial charge in [0.15, 0.2) is 0 Å². The van der Waals surface area contributed by atoms with Crippen LogP contribution in [0, 0.1) is 11.8 Å². The Morgan fingerprint density at radius 2 is 1.70 bits per heavy atom. The molecule has 1 aromatic rings. The maximum absolute atomic E-state index is 11.9. The Labute approximate surface area is 160 Å². The zero-order valence-corrected chi connectivity index (χ0v) is 15.6. The third-order valence-electron chi connectivity index (χ3n) is 4.73. The number of rotatable bonds is 9. The topological polar surface area (TPSA) is 83.5 Å². The standard InChI is InChI=1S/C22H27NO4/c24-20-16-15-19(22(27)23-20)18-13-11-17(12-14-18)9-7-5-3-1-2-4-6-8-10-21(25)26/h11-14,19H,1-6,8,10,15-16H2,(H,25,26)(H,23,24,27). The maximum Gasteiger partial charge on any atom is 0.303 e. The van der Waals surface area contributed by atoms with E-state index in [1.165, 1.54) is 0 Å². The van der Waals surface area contributed by atoms with E-state index in [-0.39, 0.29) is 24.2 Å². The van der Waals surface area contributed by atoms with Gasteiger partial charge in [-0.2, -0.15) is 0 Å². The quantitative estimate of drug-likeness (QED) is 0.394. The molecule has 0 bridgehead atoms. The molecule has 1 aliphatic rings. The normalized spacial score (nSPS) is 16.4. The lowest BCUT2D eigenvalue weighted by atomic mass is 9.90. The Morgan fingerprint density at radius 1 is 1.04 bits per heavy atom. The molecule has 144 valence electrons. The van der Waals surface area contributed by atoms with Gasteiger partial charge in [0.2, 0.25) is 11.8 Å². The van der Waals surface area contributed by atoms with Crippen LogP contribution in [0.3, 0.4) is 0 Å². The summed E-state index contributed by atoms with van der Waals surface area (Å²) < 4.78 is 0. The molecule has 1 atom stereocenters. The molecule has 1 unspecified atom stereocenters. The van der Waals surface area contributed by atoms with Gasteiger partial charge in [-0.15, -0.1) is 0 Å². The number of carbonyl (C=O) groups excluding carboxylic acids is 2. The number of unbranched alkanes of at least 4 members (excludes halogenated alkanes) is 6. The van der Waals surface area contributed by atoms with E-state index in [1.54, 1.807) is 0 Å². The first-order valence-corrected chi connectivity index (χ1v) is 9.70. The highest BCUT2D eigenvalue weighted by Gasteiger charge is 2.27. The van der Waals surface area contributed by atoms with Crippen molar-refractivity contribution >= 4 is 17.8 Å². The highest BCUT2D eigenvalue weighted by Crippen LogP contribution is 2.24. The first kappa shape index (κ1) is 20.7. The third-order valence-corrected chi connectivity index (χ3v) is 4.73. The second-order valence-corrected chi connectivity index (χ2v) is 6.94. The zero-order chi connectivity index (χ0) is 19.5. The molecule has 0 aliphatic carbocycles. The minimum Gasteiger partial charge on any atom is -0.481 e. The van der Waals surface area contributed by atoms with Gasteiger partial charge in [0, 0.05) is 24.8 Å². The Bertz CT molecular complexity index is 712. The van der Waals surface area contributed by atoms with Crippen LogP contribution in [-0.2, 0) is 14.4 Å². The van der Waals surface area contributed by atoms with Gasteiger partial charge in [-0.1, -0.05) is 49.7 Å². The van der Waals surface area contributed by atoms with Crippen LogP contribution in [0.5, 0.6) is 0 Å². The number of carboxylic acids is 1. The van der Waals surface area contributed by atoms with Gasteiger partial charge in [-0.3, -0.25) is 19.7 Å². The van der Waals surface area contributed by atoms with Crippen molar-refractivity contribution in [2.75, 3.05) is 0 Å². The predicted octanol–water partition coefficient (Wildman–Crippen LogP) is 3.76. The van der Waals surface area contributed by atoms with Crippen molar-refractivity contribution in [3.8, 4) is 11.8 Å². The lowest BCUT2D eigenvalue weighted by molar-refractivity contribution is -0.137. The number of carboxylic acid groups (broad SMARTS) is 1. The molecule has 1 aromatic carbocycles. The van der Waals surface area contributed by atoms with Gasteiger partial charge in [0.05, 0.1) is 5.92 Å². The van der Waals surface area contributed by atoms with E-state index in [0.717, 1.165) is 56.1 Å². The second-order valence-electron chi connectivity index (χ2n) is 6.94. The number of carbonyl (C=O) groups is 3. The Morgan fingerprint density at radius 3 is 2.37 bits per heavy atom. The Kier molecular flexibility index (Phi) is 8.57. The summed E-state index contributed by atoms with van der Waals surface area (Å²) in [5.41, 5.74) is 1.85. The SMILES string of the molecule is O=C(O)CCCCCCCCC#Cc1ccc(C2CCC(=O)NC2=O)cc1. The van der Waals surface area contributed by atoms with E-state index in [0.29, 0.717) is 12.8 Å². The van der Waals surface area contributed by atoms with Crippen LogP contribution >= 0.6 is 0 Å². The van der Waals surface area contributed by atoms with Crippen LogP contribution in [0.25, 0.3) is 0 Å². The summed E-state index contributed by atoms with van der Waals surface area (Å²) >= 11 is 0. The molecule has 2 rings (SSSR count). The van der Waals surface area contributed by atoms with Crippen LogP contribution in [0.1, 0.15) is 81.3 Å². The number of hydrogen-bond donors (Lipinski definition) is 2. The Hall–Kier alpha value is -2.61. The van der Waals surface area contributed by atoms with Crippen molar-refractivity contribution in [2.24, 2.45) is 0 Å². The second kappa shape index (κ2) is 11.2. The number of nitrogens with one attached hydrogen (secondary N) is 1. The molecule has 1 saturated heterocycles. The number of piperidine rings is 1. The van der Waals surface area contributed by atoms with Gasteiger partial charge in [0.1, 0.15) is 0 Å². The Balaban J connectivity index is 1.65. The van der Waals surface area contributed by atoms with E-state index < -0.39 is 5.97 Å². The van der Waals surface area contributed by atoms with Crippen molar-refractivity contribution in [3.63, 3.8) is 0 Å². The zero-order valence-electron chi connectivity index (χ0n) is 15.6. The first-order valence-electron chi connectivity index (χ1n) is 9.70. The fourth-order valence-corrected chi connectivity index (χ4v) is 3.17. The highest BCUT2D eigenvalue weighted by molar-refractivity contribution is 6.00. The van der Waals surface area contributed by atoms with Crippen LogP contribution < -0.4 is 5.32 Å². The molecule has 1 fully saturated rings. The number of benzene rings is 1. The maximum atomic E-state index is 11.9. The van der Waals surface area contributed by atoms with Gasteiger partial charge >= 0.3 is 5.97 Å². The first-order chi connectivity index (χ1) is 13.1. The molecule has 0 aromatic heterocycles. The van der Waals surface area contributed by atoms with Crippen molar-refractivity contribution in [1.29, 1.82) is 0 Å². The van der Waals surface area contributed by atoms with E-state index >= 15 is 0 Å². The molecular formula is C22H27NO4. The smallest absolute Gasteiger partial charge is 0.303 e. The summed E-state index contributed by atoms with van der Waals surface area (Å²) in [6.07, 6.45) is 8.21. The van der Waals surface area contributed by atoms with Crippen LogP contribution in [0.4, 0.5) is 0 Å².